The molecule has 60 valence electrons. The van der Waals surface area contributed by atoms with Gasteiger partial charge >= 0.3 is 0 Å². The maximum atomic E-state index is 4.16. The minimum absolute atomic E-state index is 0.890. The maximum Gasteiger partial charge on any atom is 0.0595 e. The van der Waals surface area contributed by atoms with E-state index in [4.69, 9.17) is 0 Å². The summed E-state index contributed by atoms with van der Waals surface area (Å²) in [5.74, 6) is 0. The van der Waals surface area contributed by atoms with Crippen LogP contribution in [0.15, 0.2) is 23.9 Å². The molecule has 0 amide bonds. The zero-order valence-electron chi connectivity index (χ0n) is 7.33. The quantitative estimate of drug-likeness (QED) is 0.591. The van der Waals surface area contributed by atoms with Crippen LogP contribution in [0.2, 0.25) is 0 Å². The standard InChI is InChI=1S/C9H14N2/c1-8(2)5-7-11-9(3)4-6-10-11/h4-6H,7H2,1-3H3. The molecule has 0 atom stereocenters. The second-order valence-corrected chi connectivity index (χ2v) is 2.94. The van der Waals surface area contributed by atoms with Crippen LogP contribution in [0.3, 0.4) is 0 Å². The Morgan fingerprint density at radius 3 is 2.82 bits per heavy atom. The van der Waals surface area contributed by atoms with Crippen LogP contribution in [0.1, 0.15) is 19.5 Å². The first-order valence-corrected chi connectivity index (χ1v) is 3.82. The van der Waals surface area contributed by atoms with Crippen molar-refractivity contribution in [3.8, 4) is 0 Å². The Bertz CT molecular complexity index is 254. The highest BCUT2D eigenvalue weighted by atomic mass is 15.3. The highest BCUT2D eigenvalue weighted by Crippen LogP contribution is 1.97. The van der Waals surface area contributed by atoms with Crippen LogP contribution in [0.4, 0.5) is 0 Å². The molecule has 0 bridgehead atoms. The first-order chi connectivity index (χ1) is 5.20. The van der Waals surface area contributed by atoms with E-state index in [9.17, 15) is 0 Å². The van der Waals surface area contributed by atoms with Crippen LogP contribution < -0.4 is 0 Å². The zero-order valence-corrected chi connectivity index (χ0v) is 7.33. The number of hydrogen-bond acceptors (Lipinski definition) is 1. The van der Waals surface area contributed by atoms with Crippen LogP contribution in [-0.2, 0) is 6.54 Å². The van der Waals surface area contributed by atoms with Gasteiger partial charge in [-0.3, -0.25) is 4.68 Å². The fourth-order valence-electron chi connectivity index (χ4n) is 0.859. The number of allylic oxidation sites excluding steroid dienone is 2. The topological polar surface area (TPSA) is 17.8 Å². The average Bonchev–Trinajstić information content (AvgIpc) is 2.31. The molecule has 1 heterocycles. The second kappa shape index (κ2) is 3.37. The van der Waals surface area contributed by atoms with E-state index in [1.165, 1.54) is 11.3 Å². The lowest BCUT2D eigenvalue weighted by molar-refractivity contribution is 0.676. The predicted molar refractivity (Wildman–Crippen MR) is 46.4 cm³/mol. The summed E-state index contributed by atoms with van der Waals surface area (Å²) >= 11 is 0. The number of hydrogen-bond donors (Lipinski definition) is 0. The molecule has 2 nitrogen and oxygen atoms in total. The first-order valence-electron chi connectivity index (χ1n) is 3.82. The number of aryl methyl sites for hydroxylation is 1. The molecule has 1 aromatic rings. The van der Waals surface area contributed by atoms with Gasteiger partial charge < -0.3 is 0 Å². The molecule has 1 aromatic heterocycles. The van der Waals surface area contributed by atoms with Crippen molar-refractivity contribution in [1.29, 1.82) is 0 Å². The van der Waals surface area contributed by atoms with Crippen molar-refractivity contribution >= 4 is 0 Å². The lowest BCUT2D eigenvalue weighted by Gasteiger charge is -1.98. The summed E-state index contributed by atoms with van der Waals surface area (Å²) in [5, 5.41) is 4.16. The molecule has 0 spiro atoms. The lowest BCUT2D eigenvalue weighted by Crippen LogP contribution is -1.99. The zero-order chi connectivity index (χ0) is 8.27. The Balaban J connectivity index is 2.65. The van der Waals surface area contributed by atoms with Crippen molar-refractivity contribution in [3.63, 3.8) is 0 Å². The fourth-order valence-corrected chi connectivity index (χ4v) is 0.859. The normalized spacial score (nSPS) is 9.73. The van der Waals surface area contributed by atoms with E-state index in [1.807, 2.05) is 16.9 Å². The van der Waals surface area contributed by atoms with Gasteiger partial charge in [0.05, 0.1) is 6.54 Å². The summed E-state index contributed by atoms with van der Waals surface area (Å²) in [5.41, 5.74) is 2.54. The molecule has 11 heavy (non-hydrogen) atoms. The number of nitrogens with zero attached hydrogens (tertiary/aromatic N) is 2. The monoisotopic (exact) mass is 150 g/mol. The Morgan fingerprint density at radius 1 is 1.64 bits per heavy atom. The summed E-state index contributed by atoms with van der Waals surface area (Å²) in [6.45, 7) is 7.14. The lowest BCUT2D eigenvalue weighted by atomic mass is 10.3. The van der Waals surface area contributed by atoms with E-state index in [1.54, 1.807) is 0 Å². The van der Waals surface area contributed by atoms with Gasteiger partial charge in [0.2, 0.25) is 0 Å². The summed E-state index contributed by atoms with van der Waals surface area (Å²) in [6, 6.07) is 2.01. The predicted octanol–water partition coefficient (Wildman–Crippen LogP) is 2.16. The van der Waals surface area contributed by atoms with Gasteiger partial charge in [0.15, 0.2) is 0 Å². The molecule has 0 aliphatic heterocycles. The highest BCUT2D eigenvalue weighted by molar-refractivity contribution is 5.00. The molecule has 0 radical (unpaired) electrons. The Hall–Kier alpha value is -1.05. The number of rotatable bonds is 2. The largest absolute Gasteiger partial charge is 0.266 e. The van der Waals surface area contributed by atoms with E-state index in [2.05, 4.69) is 31.9 Å². The van der Waals surface area contributed by atoms with E-state index in [-0.39, 0.29) is 0 Å². The van der Waals surface area contributed by atoms with Gasteiger partial charge in [-0.1, -0.05) is 11.6 Å². The van der Waals surface area contributed by atoms with E-state index in [0.29, 0.717) is 0 Å². The molecule has 1 rings (SSSR count). The SMILES string of the molecule is CC(C)=CCn1nccc1C. The minimum atomic E-state index is 0.890. The van der Waals surface area contributed by atoms with Crippen molar-refractivity contribution in [2.75, 3.05) is 0 Å². The molecule has 0 N–H and O–H groups in total. The molecule has 0 aliphatic rings. The summed E-state index contributed by atoms with van der Waals surface area (Å²) < 4.78 is 1.98. The van der Waals surface area contributed by atoms with Gasteiger partial charge in [0.1, 0.15) is 0 Å². The van der Waals surface area contributed by atoms with Crippen LogP contribution >= 0.6 is 0 Å². The summed E-state index contributed by atoms with van der Waals surface area (Å²) in [6.07, 6.45) is 3.99. The summed E-state index contributed by atoms with van der Waals surface area (Å²) in [7, 11) is 0. The first kappa shape index (κ1) is 8.05. The van der Waals surface area contributed by atoms with Gasteiger partial charge in [0.25, 0.3) is 0 Å². The Morgan fingerprint density at radius 2 is 2.36 bits per heavy atom. The molecular formula is C9H14N2. The molecular weight excluding hydrogens is 136 g/mol. The smallest absolute Gasteiger partial charge is 0.0595 e. The highest BCUT2D eigenvalue weighted by Gasteiger charge is 1.91. The van der Waals surface area contributed by atoms with E-state index < -0.39 is 0 Å². The van der Waals surface area contributed by atoms with Crippen molar-refractivity contribution in [1.82, 2.24) is 9.78 Å². The molecule has 0 saturated carbocycles. The Labute approximate surface area is 67.5 Å². The molecule has 0 saturated heterocycles. The molecule has 0 aliphatic carbocycles. The van der Waals surface area contributed by atoms with Crippen molar-refractivity contribution in [3.05, 3.63) is 29.6 Å². The van der Waals surface area contributed by atoms with E-state index >= 15 is 0 Å². The molecule has 0 aromatic carbocycles. The Kier molecular flexibility index (Phi) is 2.47. The summed E-state index contributed by atoms with van der Waals surface area (Å²) in [4.78, 5) is 0. The van der Waals surface area contributed by atoms with Crippen LogP contribution in [0.5, 0.6) is 0 Å². The van der Waals surface area contributed by atoms with Crippen LogP contribution in [-0.4, -0.2) is 9.78 Å². The number of aromatic nitrogens is 2. The van der Waals surface area contributed by atoms with Gasteiger partial charge in [-0.15, -0.1) is 0 Å². The minimum Gasteiger partial charge on any atom is -0.266 e. The maximum absolute atomic E-state index is 4.16. The van der Waals surface area contributed by atoms with Crippen LogP contribution in [0.25, 0.3) is 0 Å². The van der Waals surface area contributed by atoms with Gasteiger partial charge in [-0.05, 0) is 26.8 Å². The van der Waals surface area contributed by atoms with Crippen molar-refractivity contribution < 1.29 is 0 Å². The molecule has 2 heteroatoms. The van der Waals surface area contributed by atoms with Crippen molar-refractivity contribution in [2.24, 2.45) is 0 Å². The fraction of sp³-hybridized carbons (Fsp3) is 0.444. The van der Waals surface area contributed by atoms with Gasteiger partial charge in [-0.2, -0.15) is 5.10 Å². The second-order valence-electron chi connectivity index (χ2n) is 2.94. The van der Waals surface area contributed by atoms with Crippen molar-refractivity contribution in [2.45, 2.75) is 27.3 Å². The third-order valence-corrected chi connectivity index (χ3v) is 1.60. The third-order valence-electron chi connectivity index (χ3n) is 1.60. The third kappa shape index (κ3) is 2.22. The van der Waals surface area contributed by atoms with Gasteiger partial charge in [0, 0.05) is 11.9 Å². The molecule has 0 unspecified atom stereocenters. The van der Waals surface area contributed by atoms with Crippen LogP contribution in [0, 0.1) is 6.92 Å². The van der Waals surface area contributed by atoms with E-state index in [0.717, 1.165) is 6.54 Å². The molecule has 0 fully saturated rings. The average molecular weight is 150 g/mol. The van der Waals surface area contributed by atoms with Gasteiger partial charge in [-0.25, -0.2) is 0 Å².